The number of ether oxygens (including phenoxy) is 1. The van der Waals surface area contributed by atoms with Crippen LogP contribution in [0.25, 0.3) is 11.3 Å². The first kappa shape index (κ1) is 12.8. The van der Waals surface area contributed by atoms with Crippen molar-refractivity contribution < 1.29 is 9.53 Å². The standard InChI is InChI=1S/C15H17N3O2/c1-3-20-15(19)11-7-16-12-6-4-5-10-9(2)17-8-18-14(10)13(11)12/h7-8,16H,3-6H2,1-2H3. The van der Waals surface area contributed by atoms with Crippen LogP contribution >= 0.6 is 0 Å². The third-order valence-electron chi connectivity index (χ3n) is 3.71. The molecule has 0 aromatic carbocycles. The highest BCUT2D eigenvalue weighted by molar-refractivity contribution is 5.98. The molecular formula is C15H17N3O2. The number of esters is 1. The van der Waals surface area contributed by atoms with Crippen LogP contribution in [0.5, 0.6) is 0 Å². The maximum atomic E-state index is 12.1. The smallest absolute Gasteiger partial charge is 0.340 e. The molecule has 0 atom stereocenters. The van der Waals surface area contributed by atoms with Gasteiger partial charge in [-0.2, -0.15) is 0 Å². The molecule has 2 heterocycles. The van der Waals surface area contributed by atoms with Crippen molar-refractivity contribution in [2.45, 2.75) is 33.1 Å². The number of aryl methyl sites for hydroxylation is 2. The first-order chi connectivity index (χ1) is 9.72. The molecule has 1 N–H and O–H groups in total. The van der Waals surface area contributed by atoms with Crippen molar-refractivity contribution in [2.24, 2.45) is 0 Å². The fourth-order valence-corrected chi connectivity index (χ4v) is 2.76. The quantitative estimate of drug-likeness (QED) is 0.852. The van der Waals surface area contributed by atoms with Crippen LogP contribution in [-0.4, -0.2) is 27.5 Å². The zero-order valence-corrected chi connectivity index (χ0v) is 11.7. The van der Waals surface area contributed by atoms with E-state index >= 15 is 0 Å². The second kappa shape index (κ2) is 5.07. The molecule has 3 rings (SSSR count). The van der Waals surface area contributed by atoms with Crippen molar-refractivity contribution in [1.82, 2.24) is 15.0 Å². The van der Waals surface area contributed by atoms with Gasteiger partial charge in [0.05, 0.1) is 17.9 Å². The van der Waals surface area contributed by atoms with Gasteiger partial charge in [0, 0.05) is 23.1 Å². The Kier molecular flexibility index (Phi) is 3.26. The molecule has 104 valence electrons. The fraction of sp³-hybridized carbons (Fsp3) is 0.400. The van der Waals surface area contributed by atoms with Gasteiger partial charge in [-0.15, -0.1) is 0 Å². The van der Waals surface area contributed by atoms with Gasteiger partial charge in [0.1, 0.15) is 6.33 Å². The Hall–Kier alpha value is -2.17. The molecule has 20 heavy (non-hydrogen) atoms. The third-order valence-corrected chi connectivity index (χ3v) is 3.71. The van der Waals surface area contributed by atoms with E-state index in [0.717, 1.165) is 47.5 Å². The summed E-state index contributed by atoms with van der Waals surface area (Å²) in [5.74, 6) is -0.297. The molecule has 1 aliphatic carbocycles. The average molecular weight is 271 g/mol. The van der Waals surface area contributed by atoms with E-state index in [1.54, 1.807) is 12.5 Å². The molecule has 0 amide bonds. The van der Waals surface area contributed by atoms with E-state index in [9.17, 15) is 4.79 Å². The normalized spacial score (nSPS) is 13.3. The van der Waals surface area contributed by atoms with Gasteiger partial charge in [0.25, 0.3) is 0 Å². The lowest BCUT2D eigenvalue weighted by Crippen LogP contribution is -2.06. The number of carbonyl (C=O) groups excluding carboxylic acids is 1. The highest BCUT2D eigenvalue weighted by atomic mass is 16.5. The molecule has 0 saturated heterocycles. The maximum absolute atomic E-state index is 12.1. The van der Waals surface area contributed by atoms with Crippen LogP contribution in [0.4, 0.5) is 0 Å². The Morgan fingerprint density at radius 1 is 1.40 bits per heavy atom. The van der Waals surface area contributed by atoms with Crippen molar-refractivity contribution in [1.29, 1.82) is 0 Å². The van der Waals surface area contributed by atoms with Gasteiger partial charge in [-0.25, -0.2) is 14.8 Å². The summed E-state index contributed by atoms with van der Waals surface area (Å²) in [4.78, 5) is 24.0. The van der Waals surface area contributed by atoms with Crippen LogP contribution in [0.3, 0.4) is 0 Å². The van der Waals surface area contributed by atoms with E-state index in [1.165, 1.54) is 0 Å². The summed E-state index contributed by atoms with van der Waals surface area (Å²) in [6.07, 6.45) is 6.16. The molecule has 0 spiro atoms. The zero-order chi connectivity index (χ0) is 14.1. The van der Waals surface area contributed by atoms with Gasteiger partial charge in [0.2, 0.25) is 0 Å². The van der Waals surface area contributed by atoms with Gasteiger partial charge in [-0.05, 0) is 38.7 Å². The van der Waals surface area contributed by atoms with E-state index in [0.29, 0.717) is 12.2 Å². The summed E-state index contributed by atoms with van der Waals surface area (Å²) in [5, 5.41) is 0. The van der Waals surface area contributed by atoms with E-state index in [4.69, 9.17) is 4.74 Å². The molecule has 0 radical (unpaired) electrons. The fourth-order valence-electron chi connectivity index (χ4n) is 2.76. The molecule has 5 heteroatoms. The zero-order valence-electron chi connectivity index (χ0n) is 11.7. The number of carbonyl (C=O) groups is 1. The number of hydrogen-bond acceptors (Lipinski definition) is 4. The Labute approximate surface area is 117 Å². The molecule has 0 saturated carbocycles. The number of hydrogen-bond donors (Lipinski definition) is 1. The largest absolute Gasteiger partial charge is 0.462 e. The Morgan fingerprint density at radius 2 is 2.25 bits per heavy atom. The van der Waals surface area contributed by atoms with Crippen LogP contribution in [-0.2, 0) is 17.6 Å². The van der Waals surface area contributed by atoms with Crippen molar-refractivity contribution in [3.8, 4) is 11.3 Å². The molecule has 0 fully saturated rings. The average Bonchev–Trinajstić information content (AvgIpc) is 2.76. The van der Waals surface area contributed by atoms with Crippen molar-refractivity contribution in [3.63, 3.8) is 0 Å². The van der Waals surface area contributed by atoms with Crippen molar-refractivity contribution in [2.75, 3.05) is 6.61 Å². The highest BCUT2D eigenvalue weighted by Gasteiger charge is 2.25. The monoisotopic (exact) mass is 271 g/mol. The lowest BCUT2D eigenvalue weighted by molar-refractivity contribution is 0.0527. The number of aromatic amines is 1. The van der Waals surface area contributed by atoms with E-state index in [-0.39, 0.29) is 5.97 Å². The van der Waals surface area contributed by atoms with Crippen LogP contribution in [0.2, 0.25) is 0 Å². The summed E-state index contributed by atoms with van der Waals surface area (Å²) >= 11 is 0. The van der Waals surface area contributed by atoms with E-state index in [2.05, 4.69) is 15.0 Å². The second-order valence-electron chi connectivity index (χ2n) is 4.92. The van der Waals surface area contributed by atoms with E-state index < -0.39 is 0 Å². The highest BCUT2D eigenvalue weighted by Crippen LogP contribution is 2.34. The van der Waals surface area contributed by atoms with Gasteiger partial charge in [-0.3, -0.25) is 0 Å². The van der Waals surface area contributed by atoms with Crippen molar-refractivity contribution >= 4 is 5.97 Å². The van der Waals surface area contributed by atoms with Gasteiger partial charge in [0.15, 0.2) is 0 Å². The predicted molar refractivity (Wildman–Crippen MR) is 74.5 cm³/mol. The maximum Gasteiger partial charge on any atom is 0.340 e. The number of H-pyrrole nitrogens is 1. The number of fused-ring (bicyclic) bond motifs is 3. The second-order valence-corrected chi connectivity index (χ2v) is 4.92. The number of nitrogens with one attached hydrogen (secondary N) is 1. The minimum Gasteiger partial charge on any atom is -0.462 e. The van der Waals surface area contributed by atoms with Crippen molar-refractivity contribution in [3.05, 3.63) is 35.0 Å². The third kappa shape index (κ3) is 1.99. The van der Waals surface area contributed by atoms with Crippen LogP contribution in [0.15, 0.2) is 12.5 Å². The first-order valence-electron chi connectivity index (χ1n) is 6.90. The molecule has 2 aromatic heterocycles. The summed E-state index contributed by atoms with van der Waals surface area (Å²) in [6, 6.07) is 0. The number of rotatable bonds is 2. The van der Waals surface area contributed by atoms with Gasteiger partial charge in [-0.1, -0.05) is 0 Å². The Bertz CT molecular complexity index is 661. The first-order valence-corrected chi connectivity index (χ1v) is 6.90. The molecule has 0 unspecified atom stereocenters. The Balaban J connectivity index is 2.19. The minimum atomic E-state index is -0.297. The Morgan fingerprint density at radius 3 is 3.05 bits per heavy atom. The molecule has 0 aliphatic heterocycles. The minimum absolute atomic E-state index is 0.297. The SMILES string of the molecule is CCOC(=O)c1c[nH]c2c1-c1ncnc(C)c1CCC2. The van der Waals surface area contributed by atoms with Crippen LogP contribution in [0.1, 0.15) is 40.7 Å². The summed E-state index contributed by atoms with van der Waals surface area (Å²) < 4.78 is 5.14. The molecule has 5 nitrogen and oxygen atoms in total. The van der Waals surface area contributed by atoms with E-state index in [1.807, 2.05) is 13.8 Å². The van der Waals surface area contributed by atoms with Crippen LogP contribution < -0.4 is 0 Å². The lowest BCUT2D eigenvalue weighted by atomic mass is 10.0. The molecular weight excluding hydrogens is 254 g/mol. The number of aromatic nitrogens is 3. The lowest BCUT2D eigenvalue weighted by Gasteiger charge is -2.09. The predicted octanol–water partition coefficient (Wildman–Crippen LogP) is 2.45. The van der Waals surface area contributed by atoms with Gasteiger partial charge >= 0.3 is 5.97 Å². The van der Waals surface area contributed by atoms with Gasteiger partial charge < -0.3 is 9.72 Å². The van der Waals surface area contributed by atoms with Crippen LogP contribution in [0, 0.1) is 6.92 Å². The number of nitrogens with zero attached hydrogens (tertiary/aromatic N) is 2. The summed E-state index contributed by atoms with van der Waals surface area (Å²) in [5.41, 5.74) is 5.51. The summed E-state index contributed by atoms with van der Waals surface area (Å²) in [7, 11) is 0. The molecule has 2 aromatic rings. The topological polar surface area (TPSA) is 67.9 Å². The molecule has 0 bridgehead atoms. The summed E-state index contributed by atoms with van der Waals surface area (Å²) in [6.45, 7) is 4.17. The molecule has 1 aliphatic rings.